The molecule has 1 saturated heterocycles. The van der Waals surface area contributed by atoms with E-state index in [1.807, 2.05) is 26.0 Å². The Bertz CT molecular complexity index is 1200. The van der Waals surface area contributed by atoms with E-state index in [0.717, 1.165) is 6.42 Å². The fraction of sp³-hybridized carbons (Fsp3) is 0.586. The number of aromatic hydroxyl groups is 2. The maximum atomic E-state index is 14.6. The van der Waals surface area contributed by atoms with Gasteiger partial charge in [0, 0.05) is 21.9 Å². The number of ether oxygens (including phenoxy) is 1. The van der Waals surface area contributed by atoms with E-state index in [1.165, 1.54) is 13.0 Å². The van der Waals surface area contributed by atoms with Gasteiger partial charge in [-0.25, -0.2) is 0 Å². The van der Waals surface area contributed by atoms with Gasteiger partial charge in [-0.3, -0.25) is 9.59 Å². The molecule has 0 amide bonds. The highest BCUT2D eigenvalue weighted by molar-refractivity contribution is 6.45. The predicted octanol–water partition coefficient (Wildman–Crippen LogP) is 7.10. The third kappa shape index (κ3) is 3.67. The molecule has 0 unspecified atom stereocenters. The fourth-order valence-corrected chi connectivity index (χ4v) is 7.84. The lowest BCUT2D eigenvalue weighted by Crippen LogP contribution is -2.73. The van der Waals surface area contributed by atoms with Crippen molar-refractivity contribution in [2.45, 2.75) is 87.1 Å². The van der Waals surface area contributed by atoms with Crippen molar-refractivity contribution >= 4 is 46.4 Å². The number of phenolic OH excluding ortho intramolecular Hbond substituents is 2. The highest BCUT2D eigenvalue weighted by atomic mass is 35.5. The van der Waals surface area contributed by atoms with Gasteiger partial charge < -0.3 is 14.9 Å². The number of phenols is 2. The van der Waals surface area contributed by atoms with Gasteiger partial charge in [0.15, 0.2) is 17.2 Å². The molecule has 4 rings (SSSR count). The molecular formula is C29H35Cl3O5. The van der Waals surface area contributed by atoms with Crippen LogP contribution in [-0.4, -0.2) is 48.6 Å². The van der Waals surface area contributed by atoms with Crippen molar-refractivity contribution in [2.24, 2.45) is 16.7 Å². The van der Waals surface area contributed by atoms with Gasteiger partial charge in [-0.1, -0.05) is 26.0 Å². The molecule has 5 nitrogen and oxygen atoms in total. The molecule has 8 heteroatoms. The molecule has 202 valence electrons. The van der Waals surface area contributed by atoms with Crippen LogP contribution >= 0.6 is 34.8 Å². The molecule has 3 aliphatic rings. The maximum absolute atomic E-state index is 14.6. The van der Waals surface area contributed by atoms with E-state index in [1.54, 1.807) is 13.8 Å². The first kappa shape index (κ1) is 28.5. The number of fused-ring (bicyclic) bond motifs is 2. The quantitative estimate of drug-likeness (QED) is 0.298. The van der Waals surface area contributed by atoms with Gasteiger partial charge in [0.05, 0.1) is 16.5 Å². The van der Waals surface area contributed by atoms with E-state index in [9.17, 15) is 19.8 Å². The Balaban J connectivity index is 2.04. The molecule has 2 N–H and O–H groups in total. The van der Waals surface area contributed by atoms with Crippen molar-refractivity contribution in [3.05, 3.63) is 48.1 Å². The van der Waals surface area contributed by atoms with Gasteiger partial charge in [-0.15, -0.1) is 48.0 Å². The second-order valence-corrected chi connectivity index (χ2v) is 13.8. The normalized spacial score (nSPS) is 35.8. The van der Waals surface area contributed by atoms with Crippen LogP contribution in [0, 0.1) is 23.7 Å². The molecule has 0 bridgehead atoms. The Labute approximate surface area is 233 Å². The number of rotatable bonds is 4. The number of hydrogen-bond donors (Lipinski definition) is 2. The highest BCUT2D eigenvalue weighted by Gasteiger charge is 2.72. The lowest BCUT2D eigenvalue weighted by molar-refractivity contribution is -0.176. The van der Waals surface area contributed by atoms with E-state index in [-0.39, 0.29) is 46.6 Å². The molecular weight excluding hydrogens is 535 g/mol. The minimum Gasteiger partial charge on any atom is -0.508 e. The Kier molecular flexibility index (Phi) is 6.73. The Morgan fingerprint density at radius 1 is 1.08 bits per heavy atom. The molecule has 5 atom stereocenters. The second kappa shape index (κ2) is 8.74. The third-order valence-corrected chi connectivity index (χ3v) is 11.5. The summed E-state index contributed by atoms with van der Waals surface area (Å²) in [6.07, 6.45) is 5.04. The number of ketones is 2. The first-order valence-electron chi connectivity index (χ1n) is 12.6. The Hall–Kier alpha value is -1.53. The number of allylic oxidation sites excluding steroid dienone is 2. The number of Topliss-reactive ketones (excluding diaryl/α,β-unsaturated/α-hetero) is 2. The molecule has 37 heavy (non-hydrogen) atoms. The molecule has 1 aromatic carbocycles. The van der Waals surface area contributed by atoms with E-state index in [4.69, 9.17) is 39.5 Å². The minimum absolute atomic E-state index is 0.0389. The van der Waals surface area contributed by atoms with Crippen LogP contribution in [0.2, 0.25) is 0 Å². The number of benzene rings is 1. The first-order chi connectivity index (χ1) is 17.0. The first-order valence-corrected chi connectivity index (χ1v) is 13.8. The summed E-state index contributed by atoms with van der Waals surface area (Å²) in [5.74, 6) is -2.33. The van der Waals surface area contributed by atoms with Gasteiger partial charge in [0.25, 0.3) is 0 Å². The lowest BCUT2D eigenvalue weighted by atomic mass is 9.50. The molecule has 0 spiro atoms. The van der Waals surface area contributed by atoms with Crippen LogP contribution in [0.4, 0.5) is 0 Å². The van der Waals surface area contributed by atoms with Gasteiger partial charge in [-0.2, -0.15) is 0 Å². The summed E-state index contributed by atoms with van der Waals surface area (Å²) < 4.78 is 6.63. The lowest BCUT2D eigenvalue weighted by Gasteiger charge is -2.61. The number of hydrogen-bond acceptors (Lipinski definition) is 5. The number of carbonyl (C=O) groups excluding carboxylic acids is 2. The summed E-state index contributed by atoms with van der Waals surface area (Å²) in [7, 11) is 0. The van der Waals surface area contributed by atoms with Crippen molar-refractivity contribution in [3.63, 3.8) is 0 Å². The number of carbonyl (C=O) groups is 2. The van der Waals surface area contributed by atoms with Crippen molar-refractivity contribution in [1.29, 1.82) is 0 Å². The topological polar surface area (TPSA) is 83.8 Å². The zero-order chi connectivity index (χ0) is 27.9. The van der Waals surface area contributed by atoms with Crippen molar-refractivity contribution in [1.82, 2.24) is 0 Å². The van der Waals surface area contributed by atoms with Crippen LogP contribution < -0.4 is 0 Å². The summed E-state index contributed by atoms with van der Waals surface area (Å²) in [6.45, 7) is 17.3. The summed E-state index contributed by atoms with van der Waals surface area (Å²) in [4.78, 5) is 26.9. The molecule has 1 saturated carbocycles. The van der Waals surface area contributed by atoms with Crippen LogP contribution in [0.3, 0.4) is 0 Å². The zero-order valence-corrected chi connectivity index (χ0v) is 24.2. The number of halogens is 3. The van der Waals surface area contributed by atoms with Gasteiger partial charge in [-0.05, 0) is 63.9 Å². The average Bonchev–Trinajstić information content (AvgIpc) is 2.82. The van der Waals surface area contributed by atoms with Crippen LogP contribution in [0.25, 0.3) is 0 Å². The summed E-state index contributed by atoms with van der Waals surface area (Å²) in [5, 5.41) is 20.4. The number of alkyl halides is 3. The van der Waals surface area contributed by atoms with Gasteiger partial charge in [0.2, 0.25) is 0 Å². The maximum Gasteiger partial charge on any atom is 0.197 e. The van der Waals surface area contributed by atoms with E-state index in [0.29, 0.717) is 6.42 Å². The molecule has 0 aromatic heterocycles. The van der Waals surface area contributed by atoms with E-state index < -0.39 is 49.6 Å². The Morgan fingerprint density at radius 3 is 2.24 bits per heavy atom. The smallest absolute Gasteiger partial charge is 0.197 e. The van der Waals surface area contributed by atoms with Crippen molar-refractivity contribution in [3.8, 4) is 11.5 Å². The fourth-order valence-electron chi connectivity index (χ4n) is 6.77. The monoisotopic (exact) mass is 568 g/mol. The zero-order valence-electron chi connectivity index (χ0n) is 22.0. The van der Waals surface area contributed by atoms with Crippen molar-refractivity contribution in [2.75, 3.05) is 0 Å². The van der Waals surface area contributed by atoms with Crippen LogP contribution in [-0.2, 0) is 4.74 Å². The molecule has 1 aromatic rings. The van der Waals surface area contributed by atoms with Gasteiger partial charge in [0.1, 0.15) is 16.4 Å². The predicted molar refractivity (Wildman–Crippen MR) is 147 cm³/mol. The summed E-state index contributed by atoms with van der Waals surface area (Å²) >= 11 is 20.9. The van der Waals surface area contributed by atoms with Crippen LogP contribution in [0.1, 0.15) is 79.7 Å². The summed E-state index contributed by atoms with van der Waals surface area (Å²) in [5.41, 5.74) is -4.25. The molecule has 0 radical (unpaired) electrons. The molecule has 1 aliphatic heterocycles. The van der Waals surface area contributed by atoms with Crippen LogP contribution in [0.15, 0.2) is 31.4 Å². The molecule has 2 aliphatic carbocycles. The largest absolute Gasteiger partial charge is 0.508 e. The van der Waals surface area contributed by atoms with Gasteiger partial charge >= 0.3 is 0 Å². The van der Waals surface area contributed by atoms with Crippen LogP contribution in [0.5, 0.6) is 11.5 Å². The minimum atomic E-state index is -1.90. The standard InChI is InChI=1S/C29H35Cl3O5/c1-8-27(9-2)11-10-19(30)25(4,5)18(27)13-29-23(35)16-12-17(33)15(3)22(34)21(16)24(36)28(29,32)14-20(31)26(6,7)37-29/h8-9,12,18-20,33-34H,1-2,10-11,13-14H2,3-7H3/t18-,19-,20-,28+,29+/m1/s1. The molecule has 1 heterocycles. The highest BCUT2D eigenvalue weighted by Crippen LogP contribution is 2.63. The SMILES string of the molecule is C=CC1(C=C)CC[C@@H](Cl)C(C)(C)[C@H]1C[C@@]12OC(C)(C)[C@H](Cl)C[C@]1(Cl)C(=O)c1c(cc(O)c(C)c1O)C2=O. The van der Waals surface area contributed by atoms with E-state index >= 15 is 0 Å². The van der Waals surface area contributed by atoms with E-state index in [2.05, 4.69) is 13.2 Å². The third-order valence-electron chi connectivity index (χ3n) is 9.45. The summed E-state index contributed by atoms with van der Waals surface area (Å²) in [6, 6.07) is 1.22. The van der Waals surface area contributed by atoms with Crippen molar-refractivity contribution < 1.29 is 24.5 Å². The Morgan fingerprint density at radius 2 is 1.68 bits per heavy atom. The second-order valence-electron chi connectivity index (χ2n) is 12.1. The average molecular weight is 570 g/mol. The molecule has 2 fully saturated rings.